The molecule has 40 heavy (non-hydrogen) atoms. The second kappa shape index (κ2) is 12.4. The van der Waals surface area contributed by atoms with Crippen LogP contribution in [0.2, 0.25) is 0 Å². The molecular weight excluding hydrogens is 504 g/mol. The molecule has 0 fully saturated rings. The molecule has 1 atom stereocenters. The highest BCUT2D eigenvalue weighted by Gasteiger charge is 2.28. The third-order valence-corrected chi connectivity index (χ3v) is 6.60. The van der Waals surface area contributed by atoms with Crippen LogP contribution in [-0.2, 0) is 16.0 Å². The average molecular weight is 543 g/mol. The maximum absolute atomic E-state index is 13.3. The van der Waals surface area contributed by atoms with Crippen molar-refractivity contribution in [3.8, 4) is 11.1 Å². The van der Waals surface area contributed by atoms with Crippen molar-refractivity contribution in [1.29, 1.82) is 0 Å². The summed E-state index contributed by atoms with van der Waals surface area (Å²) in [6.07, 6.45) is 0.784. The van der Waals surface area contributed by atoms with Crippen LogP contribution in [-0.4, -0.2) is 62.0 Å². The quantitative estimate of drug-likeness (QED) is 0.365. The lowest BCUT2D eigenvalue weighted by Crippen LogP contribution is -2.38. The van der Waals surface area contributed by atoms with E-state index in [0.29, 0.717) is 29.9 Å². The Morgan fingerprint density at radius 3 is 2.27 bits per heavy atom. The number of nitrogens with zero attached hydrogens (tertiary/aromatic N) is 1. The molecular formula is C32H38N4O4. The summed E-state index contributed by atoms with van der Waals surface area (Å²) in [7, 11) is 3.94. The van der Waals surface area contributed by atoms with E-state index >= 15 is 0 Å². The van der Waals surface area contributed by atoms with E-state index in [2.05, 4.69) is 22.0 Å². The first-order valence-corrected chi connectivity index (χ1v) is 13.5. The Balaban J connectivity index is 1.47. The summed E-state index contributed by atoms with van der Waals surface area (Å²) >= 11 is 0. The zero-order valence-corrected chi connectivity index (χ0v) is 23.8. The molecule has 0 spiro atoms. The van der Waals surface area contributed by atoms with Crippen LogP contribution >= 0.6 is 0 Å². The van der Waals surface area contributed by atoms with Crippen molar-refractivity contribution in [2.75, 3.05) is 39.0 Å². The summed E-state index contributed by atoms with van der Waals surface area (Å²) in [4.78, 5) is 40.1. The van der Waals surface area contributed by atoms with Gasteiger partial charge in [-0.3, -0.25) is 9.59 Å². The second-order valence-corrected chi connectivity index (χ2v) is 11.2. The number of fused-ring (bicyclic) bond motifs is 1. The van der Waals surface area contributed by atoms with E-state index in [9.17, 15) is 14.4 Å². The number of carbonyl (C=O) groups excluding carboxylic acids is 3. The maximum atomic E-state index is 13.3. The van der Waals surface area contributed by atoms with Gasteiger partial charge in [-0.15, -0.1) is 0 Å². The lowest BCUT2D eigenvalue weighted by Gasteiger charge is -2.28. The first kappa shape index (κ1) is 29.0. The molecule has 0 aliphatic carbocycles. The molecule has 2 amide bonds. The standard InChI is InChI=1S/C32H38N4O4/c1-32(2,3)40-31(39)23-13-15-24(16-14-23)35-30(38)28-27-8-6-7-25(26(27)17-18-33-28)21-9-11-22(12-10-21)29(37)34-19-20-36(4)5/h6-16,28,33H,17-20H2,1-5H3,(H,34,37)(H,35,38). The molecule has 8 heteroatoms. The van der Waals surface area contributed by atoms with Crippen molar-refractivity contribution < 1.29 is 19.1 Å². The van der Waals surface area contributed by atoms with Crippen molar-refractivity contribution in [2.24, 2.45) is 0 Å². The number of nitrogens with one attached hydrogen (secondary N) is 3. The highest BCUT2D eigenvalue weighted by molar-refractivity contribution is 5.97. The third kappa shape index (κ3) is 7.34. The Kier molecular flexibility index (Phi) is 9.02. The number of anilines is 1. The van der Waals surface area contributed by atoms with Crippen molar-refractivity contribution >= 4 is 23.5 Å². The average Bonchev–Trinajstić information content (AvgIpc) is 2.91. The Labute approximate surface area is 236 Å². The van der Waals surface area contributed by atoms with Crippen LogP contribution in [0.25, 0.3) is 11.1 Å². The molecule has 1 unspecified atom stereocenters. The summed E-state index contributed by atoms with van der Waals surface area (Å²) in [6, 6.07) is 19.8. The van der Waals surface area contributed by atoms with Crippen molar-refractivity contribution in [2.45, 2.75) is 38.8 Å². The van der Waals surface area contributed by atoms with Gasteiger partial charge in [0.25, 0.3) is 5.91 Å². The first-order valence-electron chi connectivity index (χ1n) is 13.5. The van der Waals surface area contributed by atoms with Crippen LogP contribution in [0.5, 0.6) is 0 Å². The number of carbonyl (C=O) groups is 3. The fourth-order valence-electron chi connectivity index (χ4n) is 4.65. The molecule has 4 rings (SSSR count). The van der Waals surface area contributed by atoms with Crippen LogP contribution in [0.3, 0.4) is 0 Å². The highest BCUT2D eigenvalue weighted by Crippen LogP contribution is 2.33. The molecule has 0 aromatic heterocycles. The lowest BCUT2D eigenvalue weighted by atomic mass is 9.87. The fourth-order valence-corrected chi connectivity index (χ4v) is 4.65. The minimum atomic E-state index is -0.578. The molecule has 8 nitrogen and oxygen atoms in total. The predicted octanol–water partition coefficient (Wildman–Crippen LogP) is 4.43. The molecule has 0 saturated carbocycles. The highest BCUT2D eigenvalue weighted by atomic mass is 16.6. The zero-order chi connectivity index (χ0) is 28.9. The van der Waals surface area contributed by atoms with Gasteiger partial charge in [0.15, 0.2) is 0 Å². The number of ether oxygens (including phenoxy) is 1. The number of esters is 1. The molecule has 3 aromatic carbocycles. The number of likely N-dealkylation sites (N-methyl/N-ethyl adjacent to an activating group) is 1. The summed E-state index contributed by atoms with van der Waals surface area (Å²) in [5, 5.41) is 9.25. The van der Waals surface area contributed by atoms with Crippen LogP contribution in [0.1, 0.15) is 58.7 Å². The monoisotopic (exact) mass is 542 g/mol. The molecule has 0 saturated heterocycles. The van der Waals surface area contributed by atoms with E-state index in [1.54, 1.807) is 24.3 Å². The normalized spacial score (nSPS) is 14.8. The van der Waals surface area contributed by atoms with E-state index in [-0.39, 0.29) is 11.8 Å². The van der Waals surface area contributed by atoms with Gasteiger partial charge in [0.05, 0.1) is 5.56 Å². The molecule has 210 valence electrons. The molecule has 0 bridgehead atoms. The van der Waals surface area contributed by atoms with E-state index < -0.39 is 17.6 Å². The van der Waals surface area contributed by atoms with Gasteiger partial charge in [-0.2, -0.15) is 0 Å². The van der Waals surface area contributed by atoms with E-state index in [4.69, 9.17) is 4.74 Å². The first-order chi connectivity index (χ1) is 19.0. The molecule has 1 heterocycles. The van der Waals surface area contributed by atoms with Gasteiger partial charge < -0.3 is 25.6 Å². The lowest BCUT2D eigenvalue weighted by molar-refractivity contribution is -0.118. The summed E-state index contributed by atoms with van der Waals surface area (Å²) < 4.78 is 5.41. The van der Waals surface area contributed by atoms with Gasteiger partial charge in [-0.1, -0.05) is 30.3 Å². The smallest absolute Gasteiger partial charge is 0.338 e. The van der Waals surface area contributed by atoms with Gasteiger partial charge >= 0.3 is 5.97 Å². The molecule has 1 aliphatic heterocycles. The molecule has 0 radical (unpaired) electrons. The molecule has 1 aliphatic rings. The largest absolute Gasteiger partial charge is 0.456 e. The van der Waals surface area contributed by atoms with Crippen LogP contribution in [0.15, 0.2) is 66.7 Å². The van der Waals surface area contributed by atoms with Crippen LogP contribution < -0.4 is 16.0 Å². The summed E-state index contributed by atoms with van der Waals surface area (Å²) in [6.45, 7) is 7.49. The molecule has 3 aromatic rings. The summed E-state index contributed by atoms with van der Waals surface area (Å²) in [5.74, 6) is -0.671. The van der Waals surface area contributed by atoms with Gasteiger partial charge in [0.2, 0.25) is 5.91 Å². The van der Waals surface area contributed by atoms with E-state index in [1.165, 1.54) is 0 Å². The predicted molar refractivity (Wildman–Crippen MR) is 157 cm³/mol. The third-order valence-electron chi connectivity index (χ3n) is 6.60. The van der Waals surface area contributed by atoms with Gasteiger partial charge in [-0.05, 0) is 99.9 Å². The Morgan fingerprint density at radius 2 is 1.62 bits per heavy atom. The number of rotatable bonds is 8. The topological polar surface area (TPSA) is 99.8 Å². The minimum absolute atomic E-state index is 0.0939. The van der Waals surface area contributed by atoms with Gasteiger partial charge in [-0.25, -0.2) is 4.79 Å². The number of amides is 2. The van der Waals surface area contributed by atoms with Gasteiger partial charge in [0, 0.05) is 30.9 Å². The number of hydrogen-bond acceptors (Lipinski definition) is 6. The van der Waals surface area contributed by atoms with Crippen LogP contribution in [0.4, 0.5) is 5.69 Å². The number of hydrogen-bond donors (Lipinski definition) is 3. The Hall–Kier alpha value is -4.01. The van der Waals surface area contributed by atoms with Gasteiger partial charge in [0.1, 0.15) is 11.6 Å². The fraction of sp³-hybridized carbons (Fsp3) is 0.344. The maximum Gasteiger partial charge on any atom is 0.338 e. The van der Waals surface area contributed by atoms with Crippen molar-refractivity contribution in [3.63, 3.8) is 0 Å². The second-order valence-electron chi connectivity index (χ2n) is 11.2. The van der Waals surface area contributed by atoms with Crippen LogP contribution in [0, 0.1) is 0 Å². The molecule has 3 N–H and O–H groups in total. The van der Waals surface area contributed by atoms with E-state index in [0.717, 1.165) is 35.2 Å². The van der Waals surface area contributed by atoms with Crippen molar-refractivity contribution in [1.82, 2.24) is 15.5 Å². The SMILES string of the molecule is CN(C)CCNC(=O)c1ccc(-c2cccc3c2CCNC3C(=O)Nc2ccc(C(=O)OC(C)(C)C)cc2)cc1. The Morgan fingerprint density at radius 1 is 0.950 bits per heavy atom. The Bertz CT molecular complexity index is 1360. The summed E-state index contributed by atoms with van der Waals surface area (Å²) in [5.41, 5.74) is 5.16. The van der Waals surface area contributed by atoms with E-state index in [1.807, 2.05) is 76.2 Å². The number of benzene rings is 3. The van der Waals surface area contributed by atoms with Crippen molar-refractivity contribution in [3.05, 3.63) is 89.0 Å². The zero-order valence-electron chi connectivity index (χ0n) is 23.8. The minimum Gasteiger partial charge on any atom is -0.456 e.